The van der Waals surface area contributed by atoms with Gasteiger partial charge in [0.2, 0.25) is 0 Å². The van der Waals surface area contributed by atoms with Crippen molar-refractivity contribution in [3.8, 4) is 5.75 Å². The predicted octanol–water partition coefficient (Wildman–Crippen LogP) is 4.27. The van der Waals surface area contributed by atoms with Crippen LogP contribution in [0.4, 0.5) is 4.79 Å². The van der Waals surface area contributed by atoms with Gasteiger partial charge in [-0.1, -0.05) is 23.2 Å². The first kappa shape index (κ1) is 20.6. The van der Waals surface area contributed by atoms with Crippen molar-refractivity contribution < 1.29 is 23.8 Å². The monoisotopic (exact) mass is 403 g/mol. The molecule has 1 heterocycles. The molecule has 144 valence electrons. The van der Waals surface area contributed by atoms with Crippen LogP contribution in [-0.4, -0.2) is 49.4 Å². The van der Waals surface area contributed by atoms with Crippen molar-refractivity contribution in [2.45, 2.75) is 44.8 Å². The SMILES string of the molecule is COC(=O)[C@@H]1C[C@H](c2c(OC)ccc(Cl)c2Cl)CN1C(=O)OC(C)(C)C. The molecular formula is C18H23Cl2NO5. The van der Waals surface area contributed by atoms with Crippen LogP contribution in [0.3, 0.4) is 0 Å². The Kier molecular flexibility index (Phi) is 6.29. The molecule has 0 radical (unpaired) electrons. The van der Waals surface area contributed by atoms with Crippen LogP contribution in [0.15, 0.2) is 12.1 Å². The minimum absolute atomic E-state index is 0.241. The second-order valence-electron chi connectivity index (χ2n) is 7.08. The molecule has 0 unspecified atom stereocenters. The fourth-order valence-corrected chi connectivity index (χ4v) is 3.51. The van der Waals surface area contributed by atoms with Crippen LogP contribution in [0.1, 0.15) is 38.7 Å². The Hall–Kier alpha value is -1.66. The molecule has 1 aromatic rings. The van der Waals surface area contributed by atoms with Crippen molar-refractivity contribution in [3.05, 3.63) is 27.7 Å². The zero-order valence-corrected chi connectivity index (χ0v) is 17.0. The minimum atomic E-state index is -0.764. The first-order valence-electron chi connectivity index (χ1n) is 8.18. The van der Waals surface area contributed by atoms with E-state index < -0.39 is 23.7 Å². The van der Waals surface area contributed by atoms with Gasteiger partial charge in [-0.3, -0.25) is 4.90 Å². The van der Waals surface area contributed by atoms with Crippen molar-refractivity contribution in [3.63, 3.8) is 0 Å². The van der Waals surface area contributed by atoms with Gasteiger partial charge in [0.25, 0.3) is 0 Å². The van der Waals surface area contributed by atoms with Crippen LogP contribution in [0, 0.1) is 0 Å². The lowest BCUT2D eigenvalue weighted by atomic mass is 9.95. The molecule has 2 rings (SSSR count). The molecule has 1 aromatic carbocycles. The second kappa shape index (κ2) is 7.92. The zero-order valence-electron chi connectivity index (χ0n) is 15.5. The average Bonchev–Trinajstić information content (AvgIpc) is 2.99. The summed E-state index contributed by atoms with van der Waals surface area (Å²) < 4.78 is 15.7. The molecule has 0 spiro atoms. The summed E-state index contributed by atoms with van der Waals surface area (Å²) in [5.41, 5.74) is -0.0112. The number of ether oxygens (including phenoxy) is 3. The highest BCUT2D eigenvalue weighted by atomic mass is 35.5. The number of methoxy groups -OCH3 is 2. The molecule has 1 amide bonds. The van der Waals surface area contributed by atoms with Crippen LogP contribution in [0.25, 0.3) is 0 Å². The molecule has 0 bridgehead atoms. The molecule has 8 heteroatoms. The summed E-state index contributed by atoms with van der Waals surface area (Å²) in [5, 5.41) is 0.735. The fraction of sp³-hybridized carbons (Fsp3) is 0.556. The maximum absolute atomic E-state index is 12.6. The number of hydrogen-bond donors (Lipinski definition) is 0. The van der Waals surface area contributed by atoms with Gasteiger partial charge in [0, 0.05) is 18.0 Å². The number of rotatable bonds is 3. The van der Waals surface area contributed by atoms with Crippen molar-refractivity contribution >= 4 is 35.3 Å². The average molecular weight is 404 g/mol. The second-order valence-corrected chi connectivity index (χ2v) is 7.87. The summed E-state index contributed by atoms with van der Waals surface area (Å²) in [6, 6.07) is 2.59. The highest BCUT2D eigenvalue weighted by Crippen LogP contribution is 2.43. The van der Waals surface area contributed by atoms with Crippen LogP contribution in [-0.2, 0) is 14.3 Å². The molecule has 1 aliphatic rings. The van der Waals surface area contributed by atoms with E-state index in [9.17, 15) is 9.59 Å². The number of benzene rings is 1. The molecule has 2 atom stereocenters. The van der Waals surface area contributed by atoms with Gasteiger partial charge in [-0.25, -0.2) is 9.59 Å². The lowest BCUT2D eigenvalue weighted by molar-refractivity contribution is -0.145. The third-order valence-corrected chi connectivity index (χ3v) is 4.94. The van der Waals surface area contributed by atoms with Crippen LogP contribution < -0.4 is 4.74 Å². The smallest absolute Gasteiger partial charge is 0.411 e. The van der Waals surface area contributed by atoms with Crippen molar-refractivity contribution in [2.24, 2.45) is 0 Å². The Bertz CT molecular complexity index is 702. The summed E-state index contributed by atoms with van der Waals surface area (Å²) in [6.45, 7) is 5.54. The Balaban J connectivity index is 2.38. The lowest BCUT2D eigenvalue weighted by Gasteiger charge is -2.27. The Morgan fingerprint density at radius 2 is 1.85 bits per heavy atom. The normalized spacial score (nSPS) is 20.0. The molecule has 0 aromatic heterocycles. The number of esters is 1. The van der Waals surface area contributed by atoms with E-state index in [0.29, 0.717) is 27.8 Å². The quantitative estimate of drug-likeness (QED) is 0.704. The number of hydrogen-bond acceptors (Lipinski definition) is 5. The minimum Gasteiger partial charge on any atom is -0.496 e. The number of halogens is 2. The topological polar surface area (TPSA) is 65.1 Å². The summed E-state index contributed by atoms with van der Waals surface area (Å²) in [7, 11) is 2.82. The Morgan fingerprint density at radius 1 is 1.19 bits per heavy atom. The highest BCUT2D eigenvalue weighted by Gasteiger charge is 2.44. The third kappa shape index (κ3) is 4.35. The van der Waals surface area contributed by atoms with E-state index in [1.165, 1.54) is 19.1 Å². The predicted molar refractivity (Wildman–Crippen MR) is 99.1 cm³/mol. The van der Waals surface area contributed by atoms with Gasteiger partial charge in [0.1, 0.15) is 17.4 Å². The summed E-state index contributed by atoms with van der Waals surface area (Å²) in [4.78, 5) is 26.2. The van der Waals surface area contributed by atoms with E-state index >= 15 is 0 Å². The standard InChI is InChI=1S/C18H23Cl2NO5/c1-18(2,3)26-17(23)21-9-10(8-12(21)16(22)25-5)14-13(24-4)7-6-11(19)15(14)20/h6-7,10,12H,8-9H2,1-5H3/t10-,12-/m0/s1. The summed E-state index contributed by atoms with van der Waals surface area (Å²) >= 11 is 12.5. The van der Waals surface area contributed by atoms with E-state index in [0.717, 1.165) is 0 Å². The summed E-state index contributed by atoms with van der Waals surface area (Å²) in [6.07, 6.45) is -0.241. The largest absolute Gasteiger partial charge is 0.496 e. The van der Waals surface area contributed by atoms with E-state index in [1.54, 1.807) is 32.9 Å². The van der Waals surface area contributed by atoms with Crippen molar-refractivity contribution in [1.29, 1.82) is 0 Å². The molecule has 0 aliphatic carbocycles. The molecule has 1 aliphatic heterocycles. The van der Waals surface area contributed by atoms with Gasteiger partial charge in [-0.2, -0.15) is 0 Å². The first-order chi connectivity index (χ1) is 12.1. The zero-order chi connectivity index (χ0) is 19.6. The Morgan fingerprint density at radius 3 is 2.38 bits per heavy atom. The van der Waals surface area contributed by atoms with Gasteiger partial charge < -0.3 is 14.2 Å². The molecule has 0 N–H and O–H groups in total. The van der Waals surface area contributed by atoms with Crippen LogP contribution in [0.5, 0.6) is 5.75 Å². The number of carbonyl (C=O) groups is 2. The van der Waals surface area contributed by atoms with Gasteiger partial charge in [-0.15, -0.1) is 0 Å². The molecular weight excluding hydrogens is 381 g/mol. The van der Waals surface area contributed by atoms with E-state index in [4.69, 9.17) is 37.4 Å². The molecule has 1 saturated heterocycles. The number of carbonyl (C=O) groups excluding carboxylic acids is 2. The molecule has 26 heavy (non-hydrogen) atoms. The van der Waals surface area contributed by atoms with E-state index in [1.807, 2.05) is 0 Å². The number of amides is 1. The van der Waals surface area contributed by atoms with Gasteiger partial charge in [0.05, 0.1) is 24.3 Å². The first-order valence-corrected chi connectivity index (χ1v) is 8.94. The Labute approximate surface area is 163 Å². The molecule has 6 nitrogen and oxygen atoms in total. The molecule has 0 saturated carbocycles. The third-order valence-electron chi connectivity index (χ3n) is 4.12. The van der Waals surface area contributed by atoms with Crippen molar-refractivity contribution in [1.82, 2.24) is 4.90 Å². The summed E-state index contributed by atoms with van der Waals surface area (Å²) in [5.74, 6) is -0.192. The van der Waals surface area contributed by atoms with Gasteiger partial charge in [0.15, 0.2) is 0 Å². The molecule has 1 fully saturated rings. The number of nitrogens with zero attached hydrogens (tertiary/aromatic N) is 1. The highest BCUT2D eigenvalue weighted by molar-refractivity contribution is 6.42. The van der Waals surface area contributed by atoms with E-state index in [-0.39, 0.29) is 12.5 Å². The van der Waals surface area contributed by atoms with Crippen molar-refractivity contribution in [2.75, 3.05) is 20.8 Å². The number of likely N-dealkylation sites (tertiary alicyclic amines) is 1. The lowest BCUT2D eigenvalue weighted by Crippen LogP contribution is -2.43. The maximum atomic E-state index is 12.6. The maximum Gasteiger partial charge on any atom is 0.411 e. The van der Waals surface area contributed by atoms with Gasteiger partial charge in [-0.05, 0) is 39.3 Å². The fourth-order valence-electron chi connectivity index (χ4n) is 3.03. The van der Waals surface area contributed by atoms with E-state index in [2.05, 4.69) is 0 Å². The van der Waals surface area contributed by atoms with Gasteiger partial charge >= 0.3 is 12.1 Å². The van der Waals surface area contributed by atoms with Crippen LogP contribution >= 0.6 is 23.2 Å². The van der Waals surface area contributed by atoms with Crippen LogP contribution in [0.2, 0.25) is 10.0 Å².